The SMILES string of the molecule is O=C(CC1CCCNC1)OCCOc1ccccc1. The van der Waals surface area contributed by atoms with Crippen LogP contribution in [0.1, 0.15) is 19.3 Å². The van der Waals surface area contributed by atoms with Crippen LogP contribution in [-0.4, -0.2) is 32.3 Å². The van der Waals surface area contributed by atoms with E-state index in [9.17, 15) is 4.79 Å². The normalized spacial score (nSPS) is 18.8. The van der Waals surface area contributed by atoms with Gasteiger partial charge in [0.25, 0.3) is 0 Å². The summed E-state index contributed by atoms with van der Waals surface area (Å²) in [7, 11) is 0. The van der Waals surface area contributed by atoms with E-state index >= 15 is 0 Å². The molecule has 1 heterocycles. The van der Waals surface area contributed by atoms with Gasteiger partial charge in [-0.3, -0.25) is 4.79 Å². The average molecular weight is 263 g/mol. The standard InChI is InChI=1S/C15H21NO3/c17-15(11-13-5-4-8-16-12-13)19-10-9-18-14-6-2-1-3-7-14/h1-3,6-7,13,16H,4-5,8-12H2. The average Bonchev–Trinajstić information content (AvgIpc) is 2.46. The molecule has 1 aromatic carbocycles. The number of piperidine rings is 1. The number of carbonyl (C=O) groups excluding carboxylic acids is 1. The molecular weight excluding hydrogens is 242 g/mol. The van der Waals surface area contributed by atoms with Crippen LogP contribution >= 0.6 is 0 Å². The first-order valence-electron chi connectivity index (χ1n) is 6.89. The minimum absolute atomic E-state index is 0.120. The van der Waals surface area contributed by atoms with Crippen LogP contribution in [0.25, 0.3) is 0 Å². The van der Waals surface area contributed by atoms with Crippen LogP contribution in [0.5, 0.6) is 5.75 Å². The predicted octanol–water partition coefficient (Wildman–Crippen LogP) is 2.00. The number of hydrogen-bond donors (Lipinski definition) is 1. The zero-order valence-electron chi connectivity index (χ0n) is 11.1. The number of nitrogens with one attached hydrogen (secondary N) is 1. The topological polar surface area (TPSA) is 47.6 Å². The highest BCUT2D eigenvalue weighted by atomic mass is 16.6. The van der Waals surface area contributed by atoms with Gasteiger partial charge in [-0.15, -0.1) is 0 Å². The van der Waals surface area contributed by atoms with Crippen LogP contribution < -0.4 is 10.1 Å². The maximum atomic E-state index is 11.6. The van der Waals surface area contributed by atoms with Gasteiger partial charge < -0.3 is 14.8 Å². The van der Waals surface area contributed by atoms with Gasteiger partial charge >= 0.3 is 5.97 Å². The van der Waals surface area contributed by atoms with Crippen LogP contribution in [0.3, 0.4) is 0 Å². The Balaban J connectivity index is 1.56. The molecule has 4 nitrogen and oxygen atoms in total. The first kappa shape index (κ1) is 13.9. The number of benzene rings is 1. The number of carbonyl (C=O) groups is 1. The molecule has 0 spiro atoms. The molecule has 0 amide bonds. The van der Waals surface area contributed by atoms with Crippen molar-refractivity contribution in [2.24, 2.45) is 5.92 Å². The minimum atomic E-state index is -0.120. The summed E-state index contributed by atoms with van der Waals surface area (Å²) >= 11 is 0. The fraction of sp³-hybridized carbons (Fsp3) is 0.533. The Bertz CT molecular complexity index is 374. The van der Waals surface area contributed by atoms with E-state index in [4.69, 9.17) is 9.47 Å². The molecule has 0 aromatic heterocycles. The van der Waals surface area contributed by atoms with Crippen molar-refractivity contribution >= 4 is 5.97 Å². The van der Waals surface area contributed by atoms with Gasteiger partial charge in [0, 0.05) is 6.42 Å². The zero-order chi connectivity index (χ0) is 13.3. The van der Waals surface area contributed by atoms with Gasteiger partial charge in [-0.2, -0.15) is 0 Å². The summed E-state index contributed by atoms with van der Waals surface area (Å²) in [5, 5.41) is 3.30. The van der Waals surface area contributed by atoms with Crippen LogP contribution in [0, 0.1) is 5.92 Å². The molecule has 104 valence electrons. The fourth-order valence-electron chi connectivity index (χ4n) is 2.22. The lowest BCUT2D eigenvalue weighted by molar-refractivity contribution is -0.145. The van der Waals surface area contributed by atoms with E-state index in [0.717, 1.165) is 31.7 Å². The lowest BCUT2D eigenvalue weighted by Crippen LogP contribution is -2.31. The molecule has 19 heavy (non-hydrogen) atoms. The zero-order valence-corrected chi connectivity index (χ0v) is 11.1. The Morgan fingerprint density at radius 3 is 2.84 bits per heavy atom. The van der Waals surface area contributed by atoms with E-state index in [-0.39, 0.29) is 5.97 Å². The third-order valence-corrected chi connectivity index (χ3v) is 3.21. The van der Waals surface area contributed by atoms with E-state index in [1.54, 1.807) is 0 Å². The van der Waals surface area contributed by atoms with Crippen molar-refractivity contribution < 1.29 is 14.3 Å². The van der Waals surface area contributed by atoms with E-state index in [1.165, 1.54) is 0 Å². The third kappa shape index (κ3) is 5.30. The molecule has 1 N–H and O–H groups in total. The van der Waals surface area contributed by atoms with Crippen molar-refractivity contribution in [1.82, 2.24) is 5.32 Å². The molecule has 1 aliphatic rings. The van der Waals surface area contributed by atoms with Gasteiger partial charge in [0.1, 0.15) is 19.0 Å². The summed E-state index contributed by atoms with van der Waals surface area (Å²) in [5.41, 5.74) is 0. The van der Waals surface area contributed by atoms with Crippen molar-refractivity contribution in [2.75, 3.05) is 26.3 Å². The summed E-state index contributed by atoms with van der Waals surface area (Å²) in [6.45, 7) is 2.71. The number of esters is 1. The molecule has 0 aliphatic carbocycles. The maximum absolute atomic E-state index is 11.6. The lowest BCUT2D eigenvalue weighted by Gasteiger charge is -2.21. The van der Waals surface area contributed by atoms with E-state index in [1.807, 2.05) is 30.3 Å². The smallest absolute Gasteiger partial charge is 0.306 e. The van der Waals surface area contributed by atoms with Crippen LogP contribution in [0.4, 0.5) is 0 Å². The van der Waals surface area contributed by atoms with E-state index < -0.39 is 0 Å². The van der Waals surface area contributed by atoms with Crippen molar-refractivity contribution in [1.29, 1.82) is 0 Å². The minimum Gasteiger partial charge on any atom is -0.490 e. The highest BCUT2D eigenvalue weighted by Crippen LogP contribution is 2.14. The number of para-hydroxylation sites is 1. The highest BCUT2D eigenvalue weighted by Gasteiger charge is 2.17. The second-order valence-corrected chi connectivity index (χ2v) is 4.80. The van der Waals surface area contributed by atoms with Gasteiger partial charge in [0.2, 0.25) is 0 Å². The second-order valence-electron chi connectivity index (χ2n) is 4.80. The molecule has 1 aromatic rings. The van der Waals surface area contributed by atoms with Gasteiger partial charge in [-0.05, 0) is 44.0 Å². The number of hydrogen-bond acceptors (Lipinski definition) is 4. The Labute approximate surface area is 114 Å². The maximum Gasteiger partial charge on any atom is 0.306 e. The van der Waals surface area contributed by atoms with Crippen molar-refractivity contribution in [2.45, 2.75) is 19.3 Å². The van der Waals surface area contributed by atoms with Gasteiger partial charge in [-0.25, -0.2) is 0 Å². The Morgan fingerprint density at radius 1 is 1.26 bits per heavy atom. The van der Waals surface area contributed by atoms with Crippen LogP contribution in [0.2, 0.25) is 0 Å². The predicted molar refractivity (Wildman–Crippen MR) is 73.1 cm³/mol. The molecule has 0 bridgehead atoms. The summed E-state index contributed by atoms with van der Waals surface area (Å²) in [4.78, 5) is 11.6. The Morgan fingerprint density at radius 2 is 2.11 bits per heavy atom. The summed E-state index contributed by atoms with van der Waals surface area (Å²) in [5.74, 6) is 1.11. The van der Waals surface area contributed by atoms with Gasteiger partial charge in [-0.1, -0.05) is 18.2 Å². The van der Waals surface area contributed by atoms with Crippen LogP contribution in [0.15, 0.2) is 30.3 Å². The summed E-state index contributed by atoms with van der Waals surface area (Å²) in [6, 6.07) is 9.53. The lowest BCUT2D eigenvalue weighted by atomic mass is 9.96. The largest absolute Gasteiger partial charge is 0.490 e. The quantitative estimate of drug-likeness (QED) is 0.630. The molecule has 1 fully saturated rings. The molecule has 0 saturated carbocycles. The van der Waals surface area contributed by atoms with Gasteiger partial charge in [0.05, 0.1) is 0 Å². The third-order valence-electron chi connectivity index (χ3n) is 3.21. The van der Waals surface area contributed by atoms with E-state index in [2.05, 4.69) is 5.32 Å². The molecule has 1 unspecified atom stereocenters. The van der Waals surface area contributed by atoms with E-state index in [0.29, 0.717) is 25.6 Å². The van der Waals surface area contributed by atoms with Crippen molar-refractivity contribution in [3.63, 3.8) is 0 Å². The number of rotatable bonds is 6. The van der Waals surface area contributed by atoms with Crippen LogP contribution in [-0.2, 0) is 9.53 Å². The summed E-state index contributed by atoms with van der Waals surface area (Å²) in [6.07, 6.45) is 2.77. The second kappa shape index (κ2) is 7.79. The van der Waals surface area contributed by atoms with Crippen molar-refractivity contribution in [3.8, 4) is 5.75 Å². The summed E-state index contributed by atoms with van der Waals surface area (Å²) < 4.78 is 10.6. The molecular formula is C15H21NO3. The molecule has 1 aliphatic heterocycles. The monoisotopic (exact) mass is 263 g/mol. The highest BCUT2D eigenvalue weighted by molar-refractivity contribution is 5.69. The fourth-order valence-corrected chi connectivity index (χ4v) is 2.22. The Kier molecular flexibility index (Phi) is 5.69. The van der Waals surface area contributed by atoms with Gasteiger partial charge in [0.15, 0.2) is 0 Å². The molecule has 2 rings (SSSR count). The Hall–Kier alpha value is -1.55. The van der Waals surface area contributed by atoms with Crippen molar-refractivity contribution in [3.05, 3.63) is 30.3 Å². The first-order chi connectivity index (χ1) is 9.34. The number of ether oxygens (including phenoxy) is 2. The molecule has 0 radical (unpaired) electrons. The first-order valence-corrected chi connectivity index (χ1v) is 6.89. The molecule has 1 saturated heterocycles. The molecule has 4 heteroatoms. The molecule has 1 atom stereocenters.